The van der Waals surface area contributed by atoms with E-state index in [0.29, 0.717) is 35.4 Å². The van der Waals surface area contributed by atoms with E-state index < -0.39 is 17.9 Å². The Hall–Kier alpha value is -4.33. The highest BCUT2D eigenvalue weighted by Gasteiger charge is 2.45. The summed E-state index contributed by atoms with van der Waals surface area (Å²) < 4.78 is 23.6. The van der Waals surface area contributed by atoms with Crippen LogP contribution in [-0.4, -0.2) is 80.6 Å². The molecule has 2 aliphatic heterocycles. The van der Waals surface area contributed by atoms with Crippen molar-refractivity contribution < 1.29 is 19.3 Å². The summed E-state index contributed by atoms with van der Waals surface area (Å²) in [5, 5.41) is 15.1. The van der Waals surface area contributed by atoms with Gasteiger partial charge in [-0.3, -0.25) is 0 Å². The second-order valence-electron chi connectivity index (χ2n) is 12.7. The van der Waals surface area contributed by atoms with Gasteiger partial charge in [0.2, 0.25) is 5.79 Å². The van der Waals surface area contributed by atoms with Crippen LogP contribution in [0.15, 0.2) is 96.6 Å². The van der Waals surface area contributed by atoms with Crippen LogP contribution in [0.3, 0.4) is 0 Å². The van der Waals surface area contributed by atoms with Gasteiger partial charge in [-0.05, 0) is 74.5 Å². The maximum absolute atomic E-state index is 12.8. The molecule has 0 saturated carbocycles. The van der Waals surface area contributed by atoms with E-state index in [1.165, 1.54) is 15.6 Å². The molecule has 0 radical (unpaired) electrons. The van der Waals surface area contributed by atoms with Gasteiger partial charge in [-0.15, -0.1) is 0 Å². The number of nitrogens with zero attached hydrogens (tertiary/aromatic N) is 7. The van der Waals surface area contributed by atoms with Gasteiger partial charge in [-0.2, -0.15) is 5.10 Å². The predicted molar refractivity (Wildman–Crippen MR) is 192 cm³/mol. The standard InChI is InChI=1S/C36H39Cl2N7O5/c1-25(26(2)46)45-35(47)44(24-40-45)30-6-4-28(5-7-30)42-15-17-43(18-16-42)29-8-10-31(11-9-29)48-20-32-21-49-36(50-32,22-41-14-13-39-23-41)33-12-3-27(37)19-34(33)38/h3-14,19,23-26,32,46H,15-18,20-22H2,1-2H3. The topological polar surface area (TPSA) is 112 Å². The van der Waals surface area contributed by atoms with Crippen molar-refractivity contribution >= 4 is 34.6 Å². The zero-order valence-corrected chi connectivity index (χ0v) is 29.3. The smallest absolute Gasteiger partial charge is 0.350 e. The normalized spacial score (nSPS) is 20.6. The van der Waals surface area contributed by atoms with E-state index in [1.54, 1.807) is 38.5 Å². The van der Waals surface area contributed by atoms with Crippen molar-refractivity contribution in [3.63, 3.8) is 0 Å². The van der Waals surface area contributed by atoms with Gasteiger partial charge in [-0.1, -0.05) is 29.3 Å². The Kier molecular flexibility index (Phi) is 9.89. The molecule has 4 atom stereocenters. The number of ether oxygens (including phenoxy) is 3. The molecule has 0 amide bonds. The number of anilines is 2. The molecule has 2 saturated heterocycles. The fourth-order valence-corrected chi connectivity index (χ4v) is 6.89. The Bertz CT molecular complexity index is 1940. The Morgan fingerprint density at radius 1 is 0.940 bits per heavy atom. The summed E-state index contributed by atoms with van der Waals surface area (Å²) in [5.74, 6) is -0.357. The molecule has 2 fully saturated rings. The number of piperazine rings is 1. The van der Waals surface area contributed by atoms with Crippen LogP contribution in [0.2, 0.25) is 10.0 Å². The molecule has 0 bridgehead atoms. The minimum absolute atomic E-state index is 0.278. The molecule has 2 aliphatic rings. The van der Waals surface area contributed by atoms with E-state index in [2.05, 4.69) is 32.0 Å². The first kappa shape index (κ1) is 34.1. The van der Waals surface area contributed by atoms with E-state index in [4.69, 9.17) is 37.4 Å². The number of halogens is 2. The number of aliphatic hydroxyl groups excluding tert-OH is 1. The van der Waals surface area contributed by atoms with E-state index in [-0.39, 0.29) is 11.8 Å². The maximum Gasteiger partial charge on any atom is 0.350 e. The minimum Gasteiger partial charge on any atom is -0.491 e. The van der Waals surface area contributed by atoms with Gasteiger partial charge < -0.3 is 33.7 Å². The first-order chi connectivity index (χ1) is 24.2. The van der Waals surface area contributed by atoms with Gasteiger partial charge >= 0.3 is 5.69 Å². The number of imidazole rings is 1. The molecule has 50 heavy (non-hydrogen) atoms. The lowest BCUT2D eigenvalue weighted by Gasteiger charge is -2.37. The average molecular weight is 721 g/mol. The molecule has 4 unspecified atom stereocenters. The molecule has 1 N–H and O–H groups in total. The fourth-order valence-electron chi connectivity index (χ4n) is 6.34. The van der Waals surface area contributed by atoms with E-state index in [0.717, 1.165) is 49.0 Å². The van der Waals surface area contributed by atoms with Crippen LogP contribution in [0.5, 0.6) is 5.75 Å². The van der Waals surface area contributed by atoms with E-state index in [1.807, 2.05) is 53.2 Å². The summed E-state index contributed by atoms with van der Waals surface area (Å²) in [4.78, 5) is 21.7. The molecule has 7 rings (SSSR count). The molecule has 0 spiro atoms. The highest BCUT2D eigenvalue weighted by molar-refractivity contribution is 6.35. The molecule has 12 nitrogen and oxygen atoms in total. The van der Waals surface area contributed by atoms with Gasteiger partial charge in [0, 0.05) is 60.5 Å². The van der Waals surface area contributed by atoms with Crippen LogP contribution in [0, 0.1) is 0 Å². The average Bonchev–Trinajstić information content (AvgIpc) is 3.88. The molecular formula is C36H39Cl2N7O5. The Morgan fingerprint density at radius 2 is 1.60 bits per heavy atom. The van der Waals surface area contributed by atoms with Crippen LogP contribution in [-0.2, 0) is 21.8 Å². The minimum atomic E-state index is -1.10. The zero-order chi connectivity index (χ0) is 34.8. The summed E-state index contributed by atoms with van der Waals surface area (Å²) in [5.41, 5.74) is 3.38. The van der Waals surface area contributed by atoms with Crippen molar-refractivity contribution in [1.82, 2.24) is 23.9 Å². The molecule has 14 heteroatoms. The van der Waals surface area contributed by atoms with Crippen LogP contribution in [0.4, 0.5) is 11.4 Å². The molecule has 262 valence electrons. The first-order valence-electron chi connectivity index (χ1n) is 16.6. The number of rotatable bonds is 11. The van der Waals surface area contributed by atoms with Crippen molar-refractivity contribution in [2.45, 2.75) is 44.4 Å². The lowest BCUT2D eigenvalue weighted by Crippen LogP contribution is -2.46. The zero-order valence-electron chi connectivity index (χ0n) is 27.8. The SMILES string of the molecule is CC(O)C(C)n1ncn(-c2ccc(N3CCN(c4ccc(OCC5COC(Cn6ccnc6)(c6ccc(Cl)cc6Cl)O5)cc4)CC3)cc2)c1=O. The molecular weight excluding hydrogens is 681 g/mol. The largest absolute Gasteiger partial charge is 0.491 e. The molecule has 3 aromatic carbocycles. The third-order valence-electron chi connectivity index (χ3n) is 9.34. The van der Waals surface area contributed by atoms with Crippen molar-refractivity contribution in [3.8, 4) is 11.4 Å². The molecule has 5 aromatic rings. The third kappa shape index (κ3) is 7.12. The van der Waals surface area contributed by atoms with E-state index in [9.17, 15) is 9.90 Å². The van der Waals surface area contributed by atoms with Gasteiger partial charge in [0.15, 0.2) is 0 Å². The summed E-state index contributed by atoms with van der Waals surface area (Å²) in [6, 6.07) is 20.9. The second kappa shape index (κ2) is 14.5. The van der Waals surface area contributed by atoms with Gasteiger partial charge in [0.05, 0.1) is 42.3 Å². The van der Waals surface area contributed by atoms with Crippen molar-refractivity contribution in [1.29, 1.82) is 0 Å². The van der Waals surface area contributed by atoms with Crippen LogP contribution >= 0.6 is 23.2 Å². The first-order valence-corrected chi connectivity index (χ1v) is 17.4. The highest BCUT2D eigenvalue weighted by atomic mass is 35.5. The Balaban J connectivity index is 0.924. The van der Waals surface area contributed by atoms with E-state index >= 15 is 0 Å². The number of hydrogen-bond donors (Lipinski definition) is 1. The molecule has 2 aromatic heterocycles. The lowest BCUT2D eigenvalue weighted by atomic mass is 10.1. The van der Waals surface area contributed by atoms with Gasteiger partial charge in [0.1, 0.15) is 24.8 Å². The number of hydrogen-bond acceptors (Lipinski definition) is 9. The quantitative estimate of drug-likeness (QED) is 0.198. The summed E-state index contributed by atoms with van der Waals surface area (Å²) in [6.07, 6.45) is 5.78. The summed E-state index contributed by atoms with van der Waals surface area (Å²) in [6.45, 7) is 7.89. The Labute approximate surface area is 299 Å². The summed E-state index contributed by atoms with van der Waals surface area (Å²) >= 11 is 12.8. The van der Waals surface area contributed by atoms with Crippen LogP contribution in [0.1, 0.15) is 25.5 Å². The fraction of sp³-hybridized carbons (Fsp3) is 0.361. The van der Waals surface area contributed by atoms with Crippen molar-refractivity contribution in [2.24, 2.45) is 0 Å². The van der Waals surface area contributed by atoms with Crippen LogP contribution < -0.4 is 20.2 Å². The van der Waals surface area contributed by atoms with Crippen molar-refractivity contribution in [3.05, 3.63) is 118 Å². The van der Waals surface area contributed by atoms with Gasteiger partial charge in [0.25, 0.3) is 0 Å². The predicted octanol–water partition coefficient (Wildman–Crippen LogP) is 5.15. The molecule has 4 heterocycles. The van der Waals surface area contributed by atoms with Crippen LogP contribution in [0.25, 0.3) is 5.69 Å². The van der Waals surface area contributed by atoms with Gasteiger partial charge in [-0.25, -0.2) is 19.0 Å². The van der Waals surface area contributed by atoms with Crippen molar-refractivity contribution in [2.75, 3.05) is 49.2 Å². The third-order valence-corrected chi connectivity index (χ3v) is 9.89. The monoisotopic (exact) mass is 719 g/mol. The molecule has 0 aliphatic carbocycles. The lowest BCUT2D eigenvalue weighted by molar-refractivity contribution is -0.189. The Morgan fingerprint density at radius 3 is 2.22 bits per heavy atom. The second-order valence-corrected chi connectivity index (χ2v) is 13.5. The highest BCUT2D eigenvalue weighted by Crippen LogP contribution is 2.40. The summed E-state index contributed by atoms with van der Waals surface area (Å²) in [7, 11) is 0. The maximum atomic E-state index is 12.8. The number of aromatic nitrogens is 5. The number of aliphatic hydroxyl groups is 1. The number of benzene rings is 3.